The molecule has 3 aromatic rings. The Morgan fingerprint density at radius 2 is 1.55 bits per heavy atom. The van der Waals surface area contributed by atoms with Crippen molar-refractivity contribution in [1.82, 2.24) is 0 Å². The molecule has 20 heavy (non-hydrogen) atoms. The maximum Gasteiger partial charge on any atom is 0.0574 e. The molecular weight excluding hydrogens is 266 g/mol. The van der Waals surface area contributed by atoms with Crippen LogP contribution in [-0.2, 0) is 16.6 Å². The SMILES string of the molecule is Nc1ccc(S(=O)Cc2cccc3ccccc23)cc1. The van der Waals surface area contributed by atoms with Crippen molar-refractivity contribution in [3.63, 3.8) is 0 Å². The van der Waals surface area contributed by atoms with Crippen LogP contribution in [0.4, 0.5) is 5.69 Å². The Balaban J connectivity index is 1.93. The predicted octanol–water partition coefficient (Wildman–Crippen LogP) is 3.73. The summed E-state index contributed by atoms with van der Waals surface area (Å²) in [6.07, 6.45) is 0. The van der Waals surface area contributed by atoms with Crippen LogP contribution in [0.2, 0.25) is 0 Å². The molecule has 100 valence electrons. The lowest BCUT2D eigenvalue weighted by atomic mass is 10.1. The lowest BCUT2D eigenvalue weighted by molar-refractivity contribution is 0.683. The summed E-state index contributed by atoms with van der Waals surface area (Å²) in [6.45, 7) is 0. The summed E-state index contributed by atoms with van der Waals surface area (Å²) in [5.41, 5.74) is 7.45. The zero-order valence-electron chi connectivity index (χ0n) is 11.0. The second-order valence-electron chi connectivity index (χ2n) is 4.70. The van der Waals surface area contributed by atoms with E-state index >= 15 is 0 Å². The highest BCUT2D eigenvalue weighted by Crippen LogP contribution is 2.22. The first-order valence-electron chi connectivity index (χ1n) is 6.44. The van der Waals surface area contributed by atoms with Crippen molar-refractivity contribution < 1.29 is 4.21 Å². The molecular formula is C17H15NOS. The van der Waals surface area contributed by atoms with Crippen LogP contribution in [0, 0.1) is 0 Å². The van der Waals surface area contributed by atoms with Crippen molar-refractivity contribution in [3.05, 3.63) is 72.3 Å². The van der Waals surface area contributed by atoms with Gasteiger partial charge in [-0.1, -0.05) is 42.5 Å². The molecule has 3 rings (SSSR count). The molecule has 0 aliphatic carbocycles. The van der Waals surface area contributed by atoms with E-state index in [9.17, 15) is 4.21 Å². The zero-order valence-corrected chi connectivity index (χ0v) is 11.8. The van der Waals surface area contributed by atoms with Gasteiger partial charge in [-0.25, -0.2) is 0 Å². The molecule has 0 saturated carbocycles. The first-order valence-corrected chi connectivity index (χ1v) is 7.76. The van der Waals surface area contributed by atoms with Gasteiger partial charge in [0.1, 0.15) is 0 Å². The topological polar surface area (TPSA) is 43.1 Å². The molecule has 0 saturated heterocycles. The summed E-state index contributed by atoms with van der Waals surface area (Å²) in [5.74, 6) is 0.519. The number of fused-ring (bicyclic) bond motifs is 1. The standard InChI is InChI=1S/C17H15NOS/c18-15-8-10-16(11-9-15)20(19)12-14-6-3-5-13-4-1-2-7-17(13)14/h1-11H,12,18H2. The average Bonchev–Trinajstić information content (AvgIpc) is 2.48. The predicted molar refractivity (Wildman–Crippen MR) is 84.9 cm³/mol. The third-order valence-electron chi connectivity index (χ3n) is 3.31. The molecule has 3 aromatic carbocycles. The maximum atomic E-state index is 12.4. The second kappa shape index (κ2) is 5.47. The van der Waals surface area contributed by atoms with Crippen molar-refractivity contribution in [2.75, 3.05) is 5.73 Å². The minimum atomic E-state index is -1.05. The number of nitrogens with two attached hydrogens (primary N) is 1. The molecule has 0 amide bonds. The highest BCUT2D eigenvalue weighted by molar-refractivity contribution is 7.84. The van der Waals surface area contributed by atoms with E-state index in [1.54, 1.807) is 12.1 Å². The van der Waals surface area contributed by atoms with Gasteiger partial charge < -0.3 is 5.73 Å². The Morgan fingerprint density at radius 1 is 0.850 bits per heavy atom. The molecule has 0 radical (unpaired) electrons. The van der Waals surface area contributed by atoms with Gasteiger partial charge in [-0.3, -0.25) is 4.21 Å². The first kappa shape index (κ1) is 12.9. The Morgan fingerprint density at radius 3 is 2.35 bits per heavy atom. The second-order valence-corrected chi connectivity index (χ2v) is 6.15. The Hall–Kier alpha value is -2.13. The van der Waals surface area contributed by atoms with Crippen LogP contribution in [0.5, 0.6) is 0 Å². The van der Waals surface area contributed by atoms with E-state index in [2.05, 4.69) is 18.2 Å². The third kappa shape index (κ3) is 2.58. The van der Waals surface area contributed by atoms with Crippen LogP contribution in [0.3, 0.4) is 0 Å². The van der Waals surface area contributed by atoms with Crippen LogP contribution < -0.4 is 5.73 Å². The van der Waals surface area contributed by atoms with E-state index < -0.39 is 10.8 Å². The lowest BCUT2D eigenvalue weighted by Gasteiger charge is -2.07. The number of rotatable bonds is 3. The maximum absolute atomic E-state index is 12.4. The van der Waals surface area contributed by atoms with Crippen molar-refractivity contribution in [1.29, 1.82) is 0 Å². The van der Waals surface area contributed by atoms with E-state index in [0.717, 1.165) is 10.5 Å². The molecule has 0 aromatic heterocycles. The van der Waals surface area contributed by atoms with E-state index in [1.807, 2.05) is 36.4 Å². The summed E-state index contributed by atoms with van der Waals surface area (Å²) in [4.78, 5) is 0.812. The normalized spacial score (nSPS) is 12.4. The number of nitrogen functional groups attached to an aromatic ring is 1. The third-order valence-corrected chi connectivity index (χ3v) is 4.68. The number of benzene rings is 3. The van der Waals surface area contributed by atoms with Crippen molar-refractivity contribution in [2.24, 2.45) is 0 Å². The molecule has 0 aliphatic rings. The van der Waals surface area contributed by atoms with Gasteiger partial charge in [0.25, 0.3) is 0 Å². The van der Waals surface area contributed by atoms with Crippen LogP contribution in [-0.4, -0.2) is 4.21 Å². The Kier molecular flexibility index (Phi) is 3.52. The molecule has 0 spiro atoms. The number of hydrogen-bond acceptors (Lipinski definition) is 2. The summed E-state index contributed by atoms with van der Waals surface area (Å²) >= 11 is 0. The van der Waals surface area contributed by atoms with Gasteiger partial charge in [-0.05, 0) is 40.6 Å². The van der Waals surface area contributed by atoms with E-state index in [1.165, 1.54) is 10.8 Å². The zero-order chi connectivity index (χ0) is 13.9. The van der Waals surface area contributed by atoms with E-state index in [4.69, 9.17) is 5.73 Å². The summed E-state index contributed by atoms with van der Waals surface area (Å²) in [7, 11) is -1.05. The lowest BCUT2D eigenvalue weighted by Crippen LogP contribution is -1.97. The molecule has 1 unspecified atom stereocenters. The molecule has 0 fully saturated rings. The highest BCUT2D eigenvalue weighted by atomic mass is 32.2. The minimum Gasteiger partial charge on any atom is -0.399 e. The molecule has 0 heterocycles. The highest BCUT2D eigenvalue weighted by Gasteiger charge is 2.07. The summed E-state index contributed by atoms with van der Waals surface area (Å²) < 4.78 is 12.4. The monoisotopic (exact) mass is 281 g/mol. The fourth-order valence-corrected chi connectivity index (χ4v) is 3.40. The van der Waals surface area contributed by atoms with Gasteiger partial charge in [0.2, 0.25) is 0 Å². The number of hydrogen-bond donors (Lipinski definition) is 1. The molecule has 1 atom stereocenters. The summed E-state index contributed by atoms with van der Waals surface area (Å²) in [6, 6.07) is 21.5. The Bertz CT molecular complexity index is 760. The smallest absolute Gasteiger partial charge is 0.0574 e. The largest absolute Gasteiger partial charge is 0.399 e. The van der Waals surface area contributed by atoms with Gasteiger partial charge >= 0.3 is 0 Å². The van der Waals surface area contributed by atoms with Crippen molar-refractivity contribution >= 4 is 27.3 Å². The molecule has 2 nitrogen and oxygen atoms in total. The molecule has 0 bridgehead atoms. The fraction of sp³-hybridized carbons (Fsp3) is 0.0588. The van der Waals surface area contributed by atoms with Crippen LogP contribution in [0.25, 0.3) is 10.8 Å². The van der Waals surface area contributed by atoms with Gasteiger partial charge in [0.05, 0.1) is 16.6 Å². The Labute approximate surface area is 120 Å². The fourth-order valence-electron chi connectivity index (χ4n) is 2.26. The first-order chi connectivity index (χ1) is 9.74. The van der Waals surface area contributed by atoms with Gasteiger partial charge in [-0.2, -0.15) is 0 Å². The summed E-state index contributed by atoms with van der Waals surface area (Å²) in [5, 5.41) is 2.35. The van der Waals surface area contributed by atoms with Crippen molar-refractivity contribution in [2.45, 2.75) is 10.6 Å². The number of anilines is 1. The molecule has 0 aliphatic heterocycles. The minimum absolute atomic E-state index is 0.519. The van der Waals surface area contributed by atoms with Crippen LogP contribution in [0.15, 0.2) is 71.6 Å². The van der Waals surface area contributed by atoms with Gasteiger partial charge in [-0.15, -0.1) is 0 Å². The van der Waals surface area contributed by atoms with E-state index in [-0.39, 0.29) is 0 Å². The van der Waals surface area contributed by atoms with E-state index in [0.29, 0.717) is 11.4 Å². The van der Waals surface area contributed by atoms with Crippen LogP contribution >= 0.6 is 0 Å². The molecule has 3 heteroatoms. The van der Waals surface area contributed by atoms with Crippen LogP contribution in [0.1, 0.15) is 5.56 Å². The quantitative estimate of drug-likeness (QED) is 0.743. The molecule has 2 N–H and O–H groups in total. The van der Waals surface area contributed by atoms with Gasteiger partial charge in [0, 0.05) is 10.6 Å². The van der Waals surface area contributed by atoms with Crippen molar-refractivity contribution in [3.8, 4) is 0 Å². The van der Waals surface area contributed by atoms with Gasteiger partial charge in [0.15, 0.2) is 0 Å². The average molecular weight is 281 g/mol.